The second-order valence-corrected chi connectivity index (χ2v) is 12.5. The second kappa shape index (κ2) is 13.8. The summed E-state index contributed by atoms with van der Waals surface area (Å²) in [4.78, 5) is 31.5. The number of halogens is 3. The summed E-state index contributed by atoms with van der Waals surface area (Å²) in [5.41, 5.74) is -0.200. The van der Waals surface area contributed by atoms with Crippen LogP contribution in [0.3, 0.4) is 0 Å². The van der Waals surface area contributed by atoms with Crippen LogP contribution in [0.15, 0.2) is 65.6 Å². The first-order chi connectivity index (χ1) is 19.2. The smallest absolute Gasteiger partial charge is 0.337 e. The van der Waals surface area contributed by atoms with E-state index in [0.717, 1.165) is 29.8 Å². The maximum absolute atomic E-state index is 13.7. The topological polar surface area (TPSA) is 90.0 Å². The largest absolute Gasteiger partial charge is 0.416 e. The van der Waals surface area contributed by atoms with Gasteiger partial charge in [0.15, 0.2) is 0 Å². The number of benzene rings is 1. The SMILES string of the molecule is C=C(/C=C\C=C/C)[C@H]1CN(C(=O)CN(C)C)CCN1C(=O)C1CCC(NS(=O)(=O)c2ccc(C(F)(F)F)cc2)CC1. The van der Waals surface area contributed by atoms with E-state index in [-0.39, 0.29) is 35.2 Å². The van der Waals surface area contributed by atoms with Gasteiger partial charge in [-0.15, -0.1) is 0 Å². The minimum absolute atomic E-state index is 0.0156. The number of nitrogens with one attached hydrogen (secondary N) is 1. The van der Waals surface area contributed by atoms with Gasteiger partial charge in [-0.25, -0.2) is 13.1 Å². The lowest BCUT2D eigenvalue weighted by molar-refractivity contribution is -0.145. The van der Waals surface area contributed by atoms with Crippen molar-refractivity contribution in [2.24, 2.45) is 5.92 Å². The molecule has 0 unspecified atom stereocenters. The maximum Gasteiger partial charge on any atom is 0.416 e. The van der Waals surface area contributed by atoms with Gasteiger partial charge in [-0.1, -0.05) is 30.9 Å². The highest BCUT2D eigenvalue weighted by molar-refractivity contribution is 7.89. The Morgan fingerprint density at radius 1 is 1.07 bits per heavy atom. The van der Waals surface area contributed by atoms with E-state index >= 15 is 0 Å². The molecule has 12 heteroatoms. The molecule has 0 bridgehead atoms. The first-order valence-corrected chi connectivity index (χ1v) is 15.1. The zero-order valence-corrected chi connectivity index (χ0v) is 24.5. The highest BCUT2D eigenvalue weighted by atomic mass is 32.2. The van der Waals surface area contributed by atoms with E-state index in [1.54, 1.807) is 14.7 Å². The minimum atomic E-state index is -4.55. The lowest BCUT2D eigenvalue weighted by atomic mass is 9.85. The van der Waals surface area contributed by atoms with Crippen LogP contribution in [0.1, 0.15) is 38.2 Å². The van der Waals surface area contributed by atoms with E-state index in [9.17, 15) is 31.2 Å². The van der Waals surface area contributed by atoms with E-state index in [1.165, 1.54) is 0 Å². The van der Waals surface area contributed by atoms with Crippen LogP contribution < -0.4 is 4.72 Å². The first kappa shape index (κ1) is 32.6. The fourth-order valence-electron chi connectivity index (χ4n) is 5.17. The van der Waals surface area contributed by atoms with Gasteiger partial charge in [0, 0.05) is 31.6 Å². The minimum Gasteiger partial charge on any atom is -0.337 e. The zero-order chi connectivity index (χ0) is 30.4. The van der Waals surface area contributed by atoms with Crippen molar-refractivity contribution >= 4 is 21.8 Å². The molecule has 0 radical (unpaired) electrons. The van der Waals surface area contributed by atoms with Crippen LogP contribution in [0, 0.1) is 5.92 Å². The normalized spacial score (nSPS) is 22.6. The Morgan fingerprint density at radius 2 is 1.71 bits per heavy atom. The molecule has 1 aliphatic carbocycles. The molecule has 1 aliphatic heterocycles. The van der Waals surface area contributed by atoms with Crippen molar-refractivity contribution < 1.29 is 31.2 Å². The third-order valence-electron chi connectivity index (χ3n) is 7.40. The number of allylic oxidation sites excluding steroid dienone is 3. The molecule has 1 aromatic carbocycles. The Bertz CT molecular complexity index is 1250. The number of sulfonamides is 1. The number of carbonyl (C=O) groups is 2. The number of likely N-dealkylation sites (N-methyl/N-ethyl adjacent to an activating group) is 1. The maximum atomic E-state index is 13.7. The number of alkyl halides is 3. The van der Waals surface area contributed by atoms with E-state index in [2.05, 4.69) is 11.3 Å². The predicted molar refractivity (Wildman–Crippen MR) is 151 cm³/mol. The number of nitrogens with zero attached hydrogens (tertiary/aromatic N) is 3. The standard InChI is InChI=1S/C29H39F3N4O4S/c1-5-6-7-8-21(2)26-19-35(27(37)20-34(3)4)17-18-36(26)28(38)22-9-13-24(14-10-22)33-41(39,40)25-15-11-23(12-16-25)29(30,31)32/h5-8,11-12,15-16,22,24,26,33H,2,9-10,13-14,17-20H2,1,3-4H3/b6-5-,8-7-/t22?,24?,26-/m1/s1. The van der Waals surface area contributed by atoms with Gasteiger partial charge in [-0.2, -0.15) is 13.2 Å². The van der Waals surface area contributed by atoms with Crippen molar-refractivity contribution in [3.8, 4) is 0 Å². The van der Waals surface area contributed by atoms with Gasteiger partial charge in [0.1, 0.15) is 0 Å². The molecular formula is C29H39F3N4O4S. The van der Waals surface area contributed by atoms with Gasteiger partial charge in [0.2, 0.25) is 21.8 Å². The predicted octanol–water partition coefficient (Wildman–Crippen LogP) is 3.83. The molecule has 3 rings (SSSR count). The molecule has 2 amide bonds. The molecule has 1 saturated carbocycles. The van der Waals surface area contributed by atoms with Crippen molar-refractivity contribution in [2.75, 3.05) is 40.3 Å². The molecule has 1 heterocycles. The molecule has 8 nitrogen and oxygen atoms in total. The highest BCUT2D eigenvalue weighted by Gasteiger charge is 2.38. The number of amides is 2. The average molecular weight is 597 g/mol. The fourth-order valence-corrected chi connectivity index (χ4v) is 6.47. The number of rotatable bonds is 9. The summed E-state index contributed by atoms with van der Waals surface area (Å²) in [6.07, 6.45) is 4.65. The van der Waals surface area contributed by atoms with Gasteiger partial charge < -0.3 is 14.7 Å². The molecule has 2 fully saturated rings. The Kier molecular flexibility index (Phi) is 11.0. The molecule has 1 atom stereocenters. The Hall–Kier alpha value is -2.96. The van der Waals surface area contributed by atoms with Gasteiger partial charge >= 0.3 is 6.18 Å². The summed E-state index contributed by atoms with van der Waals surface area (Å²) < 4.78 is 66.7. The summed E-state index contributed by atoms with van der Waals surface area (Å²) in [6, 6.07) is 2.58. The van der Waals surface area contributed by atoms with Gasteiger partial charge in [0.25, 0.3) is 0 Å². The second-order valence-electron chi connectivity index (χ2n) is 10.8. The third-order valence-corrected chi connectivity index (χ3v) is 8.94. The first-order valence-electron chi connectivity index (χ1n) is 13.6. The lowest BCUT2D eigenvalue weighted by Crippen LogP contribution is -2.59. The van der Waals surface area contributed by atoms with Crippen molar-refractivity contribution in [1.29, 1.82) is 0 Å². The van der Waals surface area contributed by atoms with Crippen LogP contribution in [0.2, 0.25) is 0 Å². The van der Waals surface area contributed by atoms with Crippen molar-refractivity contribution in [3.63, 3.8) is 0 Å². The molecule has 0 spiro atoms. The molecule has 0 aromatic heterocycles. The van der Waals surface area contributed by atoms with E-state index in [1.807, 2.05) is 45.3 Å². The van der Waals surface area contributed by atoms with Crippen molar-refractivity contribution in [3.05, 3.63) is 66.3 Å². The molecule has 1 aromatic rings. The van der Waals surface area contributed by atoms with Crippen LogP contribution in [0.5, 0.6) is 0 Å². The molecule has 226 valence electrons. The average Bonchev–Trinajstić information content (AvgIpc) is 2.92. The van der Waals surface area contributed by atoms with Gasteiger partial charge in [0.05, 0.1) is 23.0 Å². The Morgan fingerprint density at radius 3 is 2.27 bits per heavy atom. The summed E-state index contributed by atoms with van der Waals surface area (Å²) >= 11 is 0. The quantitative estimate of drug-likeness (QED) is 0.438. The molecule has 2 aliphatic rings. The zero-order valence-electron chi connectivity index (χ0n) is 23.7. The van der Waals surface area contributed by atoms with Crippen LogP contribution >= 0.6 is 0 Å². The molecule has 1 saturated heterocycles. The number of hydrogen-bond acceptors (Lipinski definition) is 5. The number of carbonyl (C=O) groups excluding carboxylic acids is 2. The van der Waals surface area contributed by atoms with Crippen molar-refractivity contribution in [1.82, 2.24) is 19.4 Å². The third kappa shape index (κ3) is 8.76. The van der Waals surface area contributed by atoms with Crippen LogP contribution in [0.4, 0.5) is 13.2 Å². The summed E-state index contributed by atoms with van der Waals surface area (Å²) in [6.45, 7) is 7.49. The fraction of sp³-hybridized carbons (Fsp3) is 0.517. The van der Waals surface area contributed by atoms with Crippen LogP contribution in [-0.4, -0.2) is 87.3 Å². The molecular weight excluding hydrogens is 557 g/mol. The van der Waals surface area contributed by atoms with Crippen LogP contribution in [0.25, 0.3) is 0 Å². The van der Waals surface area contributed by atoms with E-state index < -0.39 is 27.8 Å². The molecule has 41 heavy (non-hydrogen) atoms. The highest BCUT2D eigenvalue weighted by Crippen LogP contribution is 2.31. The number of piperazine rings is 1. The van der Waals surface area contributed by atoms with E-state index in [0.29, 0.717) is 45.3 Å². The summed E-state index contributed by atoms with van der Waals surface area (Å²) in [7, 11) is -0.358. The van der Waals surface area contributed by atoms with Gasteiger partial charge in [-0.05, 0) is 76.5 Å². The van der Waals surface area contributed by atoms with E-state index in [4.69, 9.17) is 0 Å². The number of hydrogen-bond donors (Lipinski definition) is 1. The lowest BCUT2D eigenvalue weighted by Gasteiger charge is -2.44. The monoisotopic (exact) mass is 596 g/mol. The van der Waals surface area contributed by atoms with Crippen molar-refractivity contribution in [2.45, 2.75) is 55.8 Å². The Labute approximate surface area is 240 Å². The van der Waals surface area contributed by atoms with Crippen LogP contribution in [-0.2, 0) is 25.8 Å². The Balaban J connectivity index is 1.64. The van der Waals surface area contributed by atoms with Gasteiger partial charge in [-0.3, -0.25) is 9.59 Å². The summed E-state index contributed by atoms with van der Waals surface area (Å²) in [5.74, 6) is -0.363. The summed E-state index contributed by atoms with van der Waals surface area (Å²) in [5, 5.41) is 0. The molecule has 1 N–H and O–H groups in total.